The highest BCUT2D eigenvalue weighted by atomic mass is 35.5. The number of halogens is 3. The maximum absolute atomic E-state index is 11.8. The number of carbonyl (C=O) groups excluding carboxylic acids is 2. The summed E-state index contributed by atoms with van der Waals surface area (Å²) in [6.07, 6.45) is 0. The average molecular weight is 405 g/mol. The van der Waals surface area contributed by atoms with E-state index < -0.39 is 25.1 Å². The van der Waals surface area contributed by atoms with Gasteiger partial charge in [-0.1, -0.05) is 46.9 Å². The molecule has 0 bridgehead atoms. The second-order valence-corrected chi connectivity index (χ2v) is 5.96. The predicted molar refractivity (Wildman–Crippen MR) is 94.7 cm³/mol. The van der Waals surface area contributed by atoms with Crippen molar-refractivity contribution >= 4 is 52.4 Å². The van der Waals surface area contributed by atoms with Crippen molar-refractivity contribution in [2.75, 3.05) is 18.5 Å². The number of phenols is 1. The molecule has 0 aliphatic rings. The Morgan fingerprint density at radius 1 is 1.04 bits per heavy atom. The number of benzene rings is 2. The zero-order chi connectivity index (χ0) is 18.4. The minimum absolute atomic E-state index is 0.111. The van der Waals surface area contributed by atoms with E-state index in [-0.39, 0.29) is 27.2 Å². The number of para-hydroxylation sites is 2. The lowest BCUT2D eigenvalue weighted by atomic mass is 10.3. The molecule has 0 fully saturated rings. The van der Waals surface area contributed by atoms with Crippen LogP contribution < -0.4 is 10.1 Å². The number of hydrogen-bond acceptors (Lipinski definition) is 5. The zero-order valence-corrected chi connectivity index (χ0v) is 14.9. The molecule has 0 radical (unpaired) electrons. The van der Waals surface area contributed by atoms with Gasteiger partial charge in [-0.25, -0.2) is 4.79 Å². The molecule has 0 aromatic heterocycles. The molecule has 2 aromatic rings. The molecule has 25 heavy (non-hydrogen) atoms. The van der Waals surface area contributed by atoms with E-state index in [0.29, 0.717) is 5.02 Å². The van der Waals surface area contributed by atoms with E-state index in [1.807, 2.05) is 0 Å². The van der Waals surface area contributed by atoms with Gasteiger partial charge in [0.25, 0.3) is 5.91 Å². The minimum Gasteiger partial charge on any atom is -0.504 e. The number of ether oxygens (including phenoxy) is 2. The molecule has 9 heteroatoms. The number of rotatable bonds is 6. The number of nitrogens with one attached hydrogen (secondary N) is 1. The standard InChI is InChI=1S/C16H12Cl3NO5/c17-9-5-10(18)16(11(19)6-9)20-14(22)7-25-15(23)8-24-13-4-2-1-3-12(13)21/h1-6,21H,7-8H2,(H,20,22). The lowest BCUT2D eigenvalue weighted by Gasteiger charge is -2.11. The number of carbonyl (C=O) groups is 2. The van der Waals surface area contributed by atoms with Crippen LogP contribution in [0.5, 0.6) is 11.5 Å². The fourth-order valence-electron chi connectivity index (χ4n) is 1.74. The molecular weight excluding hydrogens is 393 g/mol. The van der Waals surface area contributed by atoms with Gasteiger partial charge in [-0.05, 0) is 24.3 Å². The summed E-state index contributed by atoms with van der Waals surface area (Å²) < 4.78 is 9.86. The zero-order valence-electron chi connectivity index (χ0n) is 12.6. The third-order valence-corrected chi connectivity index (χ3v) is 3.66. The lowest BCUT2D eigenvalue weighted by Crippen LogP contribution is -2.24. The average Bonchev–Trinajstić information content (AvgIpc) is 2.55. The highest BCUT2D eigenvalue weighted by Crippen LogP contribution is 2.33. The number of hydrogen-bond donors (Lipinski definition) is 2. The van der Waals surface area contributed by atoms with Crippen LogP contribution in [0.1, 0.15) is 0 Å². The first-order valence-corrected chi connectivity index (χ1v) is 8.01. The number of phenolic OH excluding ortho intramolecular Hbond substituents is 1. The molecule has 0 unspecified atom stereocenters. The van der Waals surface area contributed by atoms with Crippen molar-refractivity contribution in [3.8, 4) is 11.5 Å². The topological polar surface area (TPSA) is 84.9 Å². The molecule has 132 valence electrons. The van der Waals surface area contributed by atoms with Crippen molar-refractivity contribution in [1.82, 2.24) is 0 Å². The van der Waals surface area contributed by atoms with Crippen molar-refractivity contribution < 1.29 is 24.2 Å². The van der Waals surface area contributed by atoms with E-state index in [1.54, 1.807) is 12.1 Å². The van der Waals surface area contributed by atoms with Gasteiger partial charge in [0.15, 0.2) is 24.7 Å². The van der Waals surface area contributed by atoms with Crippen LogP contribution in [0.3, 0.4) is 0 Å². The van der Waals surface area contributed by atoms with Crippen LogP contribution >= 0.6 is 34.8 Å². The number of aromatic hydroxyl groups is 1. The van der Waals surface area contributed by atoms with Crippen molar-refractivity contribution in [3.05, 3.63) is 51.5 Å². The smallest absolute Gasteiger partial charge is 0.344 e. The molecule has 2 aromatic carbocycles. The predicted octanol–water partition coefficient (Wildman–Crippen LogP) is 3.91. The summed E-state index contributed by atoms with van der Waals surface area (Å²) in [6.45, 7) is -1.02. The van der Waals surface area contributed by atoms with E-state index in [4.69, 9.17) is 44.3 Å². The van der Waals surface area contributed by atoms with Crippen LogP contribution in [0.25, 0.3) is 0 Å². The second-order valence-electron chi connectivity index (χ2n) is 4.71. The molecule has 0 spiro atoms. The minimum atomic E-state index is -0.785. The molecule has 0 atom stereocenters. The summed E-state index contributed by atoms with van der Waals surface area (Å²) in [7, 11) is 0. The van der Waals surface area contributed by atoms with Crippen LogP contribution in [0.4, 0.5) is 5.69 Å². The maximum atomic E-state index is 11.8. The Hall–Kier alpha value is -2.15. The maximum Gasteiger partial charge on any atom is 0.344 e. The molecule has 0 saturated heterocycles. The van der Waals surface area contributed by atoms with Gasteiger partial charge < -0.3 is 19.9 Å². The summed E-state index contributed by atoms with van der Waals surface area (Å²) in [5.74, 6) is -1.41. The van der Waals surface area contributed by atoms with Gasteiger partial charge in [0.2, 0.25) is 0 Å². The van der Waals surface area contributed by atoms with Crippen LogP contribution in [-0.2, 0) is 14.3 Å². The SMILES string of the molecule is O=C(COC(=O)COc1ccccc1O)Nc1c(Cl)cc(Cl)cc1Cl. The Morgan fingerprint density at radius 3 is 2.32 bits per heavy atom. The summed E-state index contributed by atoms with van der Waals surface area (Å²) in [6, 6.07) is 8.96. The number of anilines is 1. The molecule has 0 heterocycles. The number of esters is 1. The first kappa shape index (κ1) is 19.2. The van der Waals surface area contributed by atoms with E-state index >= 15 is 0 Å². The normalized spacial score (nSPS) is 10.2. The molecule has 2 N–H and O–H groups in total. The Labute approximate surface area is 158 Å². The second kappa shape index (κ2) is 8.80. The Bertz CT molecular complexity index is 774. The van der Waals surface area contributed by atoms with Crippen molar-refractivity contribution in [2.24, 2.45) is 0 Å². The van der Waals surface area contributed by atoms with Gasteiger partial charge in [0, 0.05) is 5.02 Å². The van der Waals surface area contributed by atoms with E-state index in [0.717, 1.165) is 0 Å². The molecule has 0 aliphatic heterocycles. The fourth-order valence-corrected chi connectivity index (χ4v) is 2.65. The van der Waals surface area contributed by atoms with Gasteiger partial charge in [0.05, 0.1) is 15.7 Å². The fraction of sp³-hybridized carbons (Fsp3) is 0.125. The van der Waals surface area contributed by atoms with Crippen molar-refractivity contribution in [3.63, 3.8) is 0 Å². The largest absolute Gasteiger partial charge is 0.504 e. The highest BCUT2D eigenvalue weighted by Gasteiger charge is 2.14. The third kappa shape index (κ3) is 5.70. The lowest BCUT2D eigenvalue weighted by molar-refractivity contribution is -0.149. The molecule has 0 saturated carbocycles. The monoisotopic (exact) mass is 403 g/mol. The Kier molecular flexibility index (Phi) is 6.75. The first-order valence-electron chi connectivity index (χ1n) is 6.87. The van der Waals surface area contributed by atoms with E-state index in [1.165, 1.54) is 24.3 Å². The highest BCUT2D eigenvalue weighted by molar-refractivity contribution is 6.42. The number of amides is 1. The molecular formula is C16H12Cl3NO5. The van der Waals surface area contributed by atoms with Crippen molar-refractivity contribution in [2.45, 2.75) is 0 Å². The summed E-state index contributed by atoms with van der Waals surface area (Å²) in [5, 5.41) is 12.6. The molecule has 0 aliphatic carbocycles. The van der Waals surface area contributed by atoms with Gasteiger partial charge in [0.1, 0.15) is 0 Å². The van der Waals surface area contributed by atoms with Gasteiger partial charge in [-0.2, -0.15) is 0 Å². The molecule has 2 rings (SSSR count). The van der Waals surface area contributed by atoms with Gasteiger partial charge in [-0.3, -0.25) is 4.79 Å². The van der Waals surface area contributed by atoms with Crippen molar-refractivity contribution in [1.29, 1.82) is 0 Å². The molecule has 6 nitrogen and oxygen atoms in total. The van der Waals surface area contributed by atoms with Crippen LogP contribution in [0, 0.1) is 0 Å². The summed E-state index contributed by atoms with van der Waals surface area (Å²) >= 11 is 17.7. The Morgan fingerprint density at radius 2 is 1.68 bits per heavy atom. The van der Waals surface area contributed by atoms with Crippen LogP contribution in [0.15, 0.2) is 36.4 Å². The quantitative estimate of drug-likeness (QED) is 0.713. The van der Waals surface area contributed by atoms with Gasteiger partial charge >= 0.3 is 5.97 Å². The first-order chi connectivity index (χ1) is 11.9. The van der Waals surface area contributed by atoms with Crippen LogP contribution in [-0.4, -0.2) is 30.2 Å². The summed E-state index contributed by atoms with van der Waals surface area (Å²) in [4.78, 5) is 23.4. The van der Waals surface area contributed by atoms with Gasteiger partial charge in [-0.15, -0.1) is 0 Å². The Balaban J connectivity index is 1.82. The van der Waals surface area contributed by atoms with E-state index in [2.05, 4.69) is 5.32 Å². The molecule has 1 amide bonds. The van der Waals surface area contributed by atoms with Crippen LogP contribution in [0.2, 0.25) is 15.1 Å². The third-order valence-electron chi connectivity index (χ3n) is 2.85. The summed E-state index contributed by atoms with van der Waals surface area (Å²) in [5.41, 5.74) is 0.166. The van der Waals surface area contributed by atoms with E-state index in [9.17, 15) is 14.7 Å².